The van der Waals surface area contributed by atoms with Crippen LogP contribution < -0.4 is 0 Å². The van der Waals surface area contributed by atoms with E-state index in [2.05, 4.69) is 33.8 Å². The Hall–Kier alpha value is -0.940. The Kier molecular flexibility index (Phi) is 12.9. The minimum atomic E-state index is -1.84. The van der Waals surface area contributed by atoms with Gasteiger partial charge in [0.1, 0.15) is 67.1 Å². The van der Waals surface area contributed by atoms with Gasteiger partial charge in [0, 0.05) is 12.3 Å². The van der Waals surface area contributed by atoms with Gasteiger partial charge in [0.2, 0.25) is 0 Å². The summed E-state index contributed by atoms with van der Waals surface area (Å²) in [5.74, 6) is 2.52. The van der Waals surface area contributed by atoms with E-state index in [1.807, 2.05) is 0 Å². The molecular weight excluding hydrogens is 812 g/mol. The van der Waals surface area contributed by atoms with E-state index in [1.165, 1.54) is 12.5 Å². The molecule has 9 rings (SSSR count). The van der Waals surface area contributed by atoms with Gasteiger partial charge in [0.25, 0.3) is 0 Å². The van der Waals surface area contributed by atoms with Crippen LogP contribution in [0.5, 0.6) is 0 Å². The molecule has 0 aromatic carbocycles. The maximum Gasteiger partial charge on any atom is 0.187 e. The van der Waals surface area contributed by atoms with Gasteiger partial charge in [0.15, 0.2) is 24.7 Å². The van der Waals surface area contributed by atoms with Crippen molar-refractivity contribution in [3.8, 4) is 0 Å². The predicted molar refractivity (Wildman–Crippen MR) is 214 cm³/mol. The number of rotatable bonds is 8. The second-order valence-electron chi connectivity index (χ2n) is 21.1. The van der Waals surface area contributed by atoms with Crippen molar-refractivity contribution in [1.29, 1.82) is 0 Å². The largest absolute Gasteiger partial charge is 0.394 e. The average Bonchev–Trinajstić information content (AvgIpc) is 3.70. The Balaban J connectivity index is 0.940. The molecule has 8 fully saturated rings. The third-order valence-corrected chi connectivity index (χ3v) is 17.7. The van der Waals surface area contributed by atoms with Crippen LogP contribution in [0.15, 0.2) is 11.6 Å². The first-order chi connectivity index (χ1) is 29.4. The highest BCUT2D eigenvalue weighted by molar-refractivity contribution is 5.26. The van der Waals surface area contributed by atoms with Crippen molar-refractivity contribution in [2.75, 3.05) is 19.8 Å². The van der Waals surface area contributed by atoms with Crippen molar-refractivity contribution in [3.05, 3.63) is 11.6 Å². The molecule has 17 heteroatoms. The van der Waals surface area contributed by atoms with Gasteiger partial charge in [0.05, 0.1) is 38.1 Å². The van der Waals surface area contributed by atoms with E-state index < -0.39 is 117 Å². The highest BCUT2D eigenvalue weighted by atomic mass is 16.8. The monoisotopic (exact) mass is 884 g/mol. The smallest absolute Gasteiger partial charge is 0.187 e. The summed E-state index contributed by atoms with van der Waals surface area (Å²) in [5.41, 5.74) is 1.45. The molecule has 354 valence electrons. The standard InChI is InChI=1S/C45H72O17/c1-19-8-13-45(55-18-19)20(2)30-27(62-45)15-26-24-7-6-22-14-23(9-11-43(22,4)25(24)10-12-44(26,30)5)57-42-39(61-40-36(53)34(51)31(48)21(3)56-40)38(33(50)29(17-47)59-42)60-41-37(54)35(52)32(49)28(16-46)58-41/h6,19-21,23-42,46-54H,7-18H2,1-5H3/t19?,20-,21?,23?,24+,25-,26-,27-,28?,29?,30-,31?,32?,33?,34?,35?,36?,37?,38?,39?,40?,41?,42?,43-,44-,45+/m0/s1. The summed E-state index contributed by atoms with van der Waals surface area (Å²) in [5, 5.41) is 95.8. The molecule has 0 amide bonds. The highest BCUT2D eigenvalue weighted by Gasteiger charge is 2.69. The normalized spacial score (nSPS) is 57.6. The summed E-state index contributed by atoms with van der Waals surface area (Å²) >= 11 is 0. The molecular formula is C45H72O17. The van der Waals surface area contributed by atoms with Crippen molar-refractivity contribution in [2.24, 2.45) is 46.3 Å². The Morgan fingerprint density at radius 3 is 2.03 bits per heavy atom. The molecule has 26 atom stereocenters. The Bertz CT molecular complexity index is 1610. The highest BCUT2D eigenvalue weighted by Crippen LogP contribution is 2.70. The van der Waals surface area contributed by atoms with Gasteiger partial charge in [-0.05, 0) is 98.7 Å². The van der Waals surface area contributed by atoms with E-state index in [9.17, 15) is 46.0 Å². The zero-order valence-electron chi connectivity index (χ0n) is 36.6. The molecule has 1 spiro atoms. The maximum absolute atomic E-state index is 11.6. The molecule has 0 aromatic heterocycles. The first-order valence-electron chi connectivity index (χ1n) is 23.4. The second-order valence-corrected chi connectivity index (χ2v) is 21.1. The van der Waals surface area contributed by atoms with E-state index >= 15 is 0 Å². The summed E-state index contributed by atoms with van der Waals surface area (Å²) in [6.45, 7) is 10.4. The van der Waals surface area contributed by atoms with Crippen LogP contribution in [0.1, 0.15) is 92.4 Å². The molecule has 5 heterocycles. The van der Waals surface area contributed by atoms with Crippen LogP contribution in [-0.4, -0.2) is 176 Å². The molecule has 0 aromatic rings. The lowest BCUT2D eigenvalue weighted by Gasteiger charge is -2.59. The molecule has 17 nitrogen and oxygen atoms in total. The van der Waals surface area contributed by atoms with Crippen molar-refractivity contribution in [1.82, 2.24) is 0 Å². The van der Waals surface area contributed by atoms with Gasteiger partial charge in [-0.15, -0.1) is 0 Å². The summed E-state index contributed by atoms with van der Waals surface area (Å²) in [6, 6.07) is 0. The van der Waals surface area contributed by atoms with E-state index in [4.69, 9.17) is 37.9 Å². The molecule has 0 radical (unpaired) electrons. The van der Waals surface area contributed by atoms with E-state index in [0.29, 0.717) is 48.3 Å². The third-order valence-electron chi connectivity index (χ3n) is 17.7. The van der Waals surface area contributed by atoms with Crippen LogP contribution in [0.3, 0.4) is 0 Å². The van der Waals surface area contributed by atoms with Crippen LogP contribution in [0.25, 0.3) is 0 Å². The van der Waals surface area contributed by atoms with E-state index in [0.717, 1.165) is 51.6 Å². The van der Waals surface area contributed by atoms with Crippen LogP contribution in [0, 0.1) is 46.3 Å². The van der Waals surface area contributed by atoms with Crippen LogP contribution in [-0.2, 0) is 37.9 Å². The molecule has 9 N–H and O–H groups in total. The number of allylic oxidation sites excluding steroid dienone is 1. The zero-order valence-corrected chi connectivity index (χ0v) is 36.6. The molecule has 0 bridgehead atoms. The minimum absolute atomic E-state index is 0.0484. The molecule has 9 aliphatic rings. The number of hydrogen-bond acceptors (Lipinski definition) is 17. The lowest BCUT2D eigenvalue weighted by molar-refractivity contribution is -0.394. The number of hydrogen-bond donors (Lipinski definition) is 9. The van der Waals surface area contributed by atoms with Gasteiger partial charge in [-0.1, -0.05) is 39.3 Å². The topological polar surface area (TPSA) is 256 Å². The van der Waals surface area contributed by atoms with Gasteiger partial charge in [-0.3, -0.25) is 0 Å². The molecule has 4 aliphatic carbocycles. The molecule has 62 heavy (non-hydrogen) atoms. The van der Waals surface area contributed by atoms with Gasteiger partial charge < -0.3 is 83.9 Å². The van der Waals surface area contributed by atoms with Crippen molar-refractivity contribution in [3.63, 3.8) is 0 Å². The Labute approximate surface area is 363 Å². The van der Waals surface area contributed by atoms with Crippen molar-refractivity contribution in [2.45, 2.75) is 203 Å². The fourth-order valence-electron chi connectivity index (χ4n) is 14.0. The summed E-state index contributed by atoms with van der Waals surface area (Å²) < 4.78 is 50.3. The Morgan fingerprint density at radius 2 is 1.34 bits per heavy atom. The number of ether oxygens (including phenoxy) is 8. The predicted octanol–water partition coefficient (Wildman–Crippen LogP) is 0.214. The van der Waals surface area contributed by atoms with Crippen LogP contribution in [0.2, 0.25) is 0 Å². The zero-order chi connectivity index (χ0) is 44.2. The second kappa shape index (κ2) is 17.3. The first-order valence-corrected chi connectivity index (χ1v) is 23.4. The van der Waals surface area contributed by atoms with Gasteiger partial charge in [-0.2, -0.15) is 0 Å². The van der Waals surface area contributed by atoms with Crippen LogP contribution in [0.4, 0.5) is 0 Å². The van der Waals surface area contributed by atoms with Crippen molar-refractivity contribution >= 4 is 0 Å². The summed E-state index contributed by atoms with van der Waals surface area (Å²) in [4.78, 5) is 0. The fraction of sp³-hybridized carbons (Fsp3) is 0.956. The fourth-order valence-corrected chi connectivity index (χ4v) is 14.0. The summed E-state index contributed by atoms with van der Waals surface area (Å²) in [6.07, 6.45) is -12.4. The lowest BCUT2D eigenvalue weighted by atomic mass is 9.47. The number of fused-ring (bicyclic) bond motifs is 7. The van der Waals surface area contributed by atoms with Crippen molar-refractivity contribution < 1.29 is 83.9 Å². The lowest BCUT2D eigenvalue weighted by Crippen LogP contribution is -2.67. The van der Waals surface area contributed by atoms with E-state index in [1.54, 1.807) is 0 Å². The number of aliphatic hydroxyl groups is 9. The molecule has 5 aliphatic heterocycles. The quantitative estimate of drug-likeness (QED) is 0.148. The number of aliphatic hydroxyl groups excluding tert-OH is 9. The Morgan fingerprint density at radius 1 is 0.677 bits per heavy atom. The van der Waals surface area contributed by atoms with Crippen LogP contribution >= 0.6 is 0 Å². The maximum atomic E-state index is 11.6. The first kappa shape index (κ1) is 46.2. The average molecular weight is 885 g/mol. The van der Waals surface area contributed by atoms with Gasteiger partial charge >= 0.3 is 0 Å². The van der Waals surface area contributed by atoms with Gasteiger partial charge in [-0.25, -0.2) is 0 Å². The molecule has 3 saturated carbocycles. The van der Waals surface area contributed by atoms with E-state index in [-0.39, 0.29) is 16.9 Å². The molecule has 17 unspecified atom stereocenters. The minimum Gasteiger partial charge on any atom is -0.394 e. The SMILES string of the molecule is CC1CC[C@@]2(OC1)O[C@H]1C[C@H]3[C@@H]4CC=C5CC(OC6OC(CO)C(O)C(OC7OC(CO)C(O)C(O)C7O)C6OC6OC(C)C(O)C(O)C6O)CC[C@]5(C)[C@H]4CC[C@]3(C)[C@H]1[C@@H]2C. The molecule has 5 saturated heterocycles. The summed E-state index contributed by atoms with van der Waals surface area (Å²) in [7, 11) is 0. The third kappa shape index (κ3) is 7.49.